The normalized spacial score (nSPS) is 15.7. The van der Waals surface area contributed by atoms with E-state index < -0.39 is 0 Å². The van der Waals surface area contributed by atoms with Crippen molar-refractivity contribution in [3.63, 3.8) is 0 Å². The average Bonchev–Trinajstić information content (AvgIpc) is 2.71. The number of rotatable bonds is 7. The van der Waals surface area contributed by atoms with Gasteiger partial charge in [-0.2, -0.15) is 0 Å². The molecule has 1 aliphatic heterocycles. The van der Waals surface area contributed by atoms with E-state index >= 15 is 0 Å². The molecule has 0 bridgehead atoms. The minimum Gasteiger partial charge on any atom is -0.494 e. The highest BCUT2D eigenvalue weighted by molar-refractivity contribution is 7.80. The first-order valence-electron chi connectivity index (χ1n) is 9.51. The summed E-state index contributed by atoms with van der Waals surface area (Å²) in [5.41, 5.74) is 2.19. The van der Waals surface area contributed by atoms with Crippen molar-refractivity contribution >= 4 is 23.0 Å². The summed E-state index contributed by atoms with van der Waals surface area (Å²) in [4.78, 5) is 1.53. The lowest BCUT2D eigenvalue weighted by molar-refractivity contribution is -0.909. The molecule has 0 saturated carbocycles. The first-order chi connectivity index (χ1) is 13.2. The highest BCUT2D eigenvalue weighted by Gasteiger charge is 2.22. The number of thiocarbonyl (C=S) groups is 1. The van der Waals surface area contributed by atoms with Gasteiger partial charge >= 0.3 is 0 Å². The lowest BCUT2D eigenvalue weighted by Gasteiger charge is -2.29. The van der Waals surface area contributed by atoms with Crippen LogP contribution >= 0.6 is 12.2 Å². The van der Waals surface area contributed by atoms with E-state index in [1.807, 2.05) is 37.3 Å². The molecule has 1 aliphatic rings. The van der Waals surface area contributed by atoms with Crippen molar-refractivity contribution in [3.05, 3.63) is 60.2 Å². The van der Waals surface area contributed by atoms with Gasteiger partial charge in [-0.1, -0.05) is 30.3 Å². The summed E-state index contributed by atoms with van der Waals surface area (Å²) in [7, 11) is 0. The Morgan fingerprint density at radius 2 is 1.81 bits per heavy atom. The first kappa shape index (κ1) is 19.6. The third kappa shape index (κ3) is 6.20. The van der Waals surface area contributed by atoms with Gasteiger partial charge in [-0.3, -0.25) is 0 Å². The summed E-state index contributed by atoms with van der Waals surface area (Å²) in [5, 5.41) is 7.40. The molecule has 1 saturated heterocycles. The molecule has 27 heavy (non-hydrogen) atoms. The molecule has 0 radical (unpaired) electrons. The van der Waals surface area contributed by atoms with Crippen molar-refractivity contribution in [1.29, 1.82) is 0 Å². The van der Waals surface area contributed by atoms with Gasteiger partial charge in [-0.25, -0.2) is 0 Å². The summed E-state index contributed by atoms with van der Waals surface area (Å²) >= 11 is 5.58. The molecule has 1 atom stereocenters. The molecule has 0 amide bonds. The second-order valence-electron chi connectivity index (χ2n) is 6.59. The molecule has 5 nitrogen and oxygen atoms in total. The van der Waals surface area contributed by atoms with Gasteiger partial charge in [0.2, 0.25) is 0 Å². The van der Waals surface area contributed by atoms with Gasteiger partial charge in [0, 0.05) is 5.69 Å². The predicted octanol–water partition coefficient (Wildman–Crippen LogP) is 2.03. The van der Waals surface area contributed by atoms with Crippen LogP contribution in [0.3, 0.4) is 0 Å². The molecule has 3 N–H and O–H groups in total. The molecule has 2 aromatic carbocycles. The third-order valence-electron chi connectivity index (χ3n) is 4.62. The summed E-state index contributed by atoms with van der Waals surface area (Å²) < 4.78 is 11.0. The largest absolute Gasteiger partial charge is 0.494 e. The standard InChI is InChI=1S/C21H27N3O2S/c1-2-26-19-10-8-18(9-11-19)22-21(27)23-20(17-6-4-3-5-7-17)16-24-12-14-25-15-13-24/h3-11,20H,2,12-16H2,1H3,(H2,22,23,27)/p+1/t20-/m0/s1. The zero-order chi connectivity index (χ0) is 18.9. The number of quaternary nitrogens is 1. The van der Waals surface area contributed by atoms with Crippen LogP contribution in [-0.2, 0) is 4.74 Å². The van der Waals surface area contributed by atoms with Crippen molar-refractivity contribution in [2.24, 2.45) is 0 Å². The number of anilines is 1. The molecule has 0 aromatic heterocycles. The summed E-state index contributed by atoms with van der Waals surface area (Å²) in [6.45, 7) is 7.32. The Balaban J connectivity index is 1.62. The second-order valence-corrected chi connectivity index (χ2v) is 6.99. The fourth-order valence-electron chi connectivity index (χ4n) is 3.22. The van der Waals surface area contributed by atoms with Gasteiger partial charge in [0.1, 0.15) is 31.4 Å². The Morgan fingerprint density at radius 1 is 1.11 bits per heavy atom. The van der Waals surface area contributed by atoms with Crippen molar-refractivity contribution < 1.29 is 14.4 Å². The molecular formula is C21H28N3O2S+. The Kier molecular flexibility index (Phi) is 7.45. The van der Waals surface area contributed by atoms with Crippen LogP contribution in [0.25, 0.3) is 0 Å². The molecule has 2 aromatic rings. The Labute approximate surface area is 166 Å². The van der Waals surface area contributed by atoms with E-state index in [9.17, 15) is 0 Å². The number of morpholine rings is 1. The van der Waals surface area contributed by atoms with Crippen LogP contribution in [0, 0.1) is 0 Å². The van der Waals surface area contributed by atoms with Gasteiger partial charge in [-0.15, -0.1) is 0 Å². The van der Waals surface area contributed by atoms with E-state index in [1.165, 1.54) is 10.5 Å². The maximum atomic E-state index is 5.58. The molecule has 1 heterocycles. The zero-order valence-electron chi connectivity index (χ0n) is 15.7. The highest BCUT2D eigenvalue weighted by atomic mass is 32.1. The SMILES string of the molecule is CCOc1ccc(NC(=S)N[C@@H](C[NH+]2CCOCC2)c2ccccc2)cc1. The van der Waals surface area contributed by atoms with Gasteiger partial charge < -0.3 is 25.0 Å². The molecule has 6 heteroatoms. The minimum absolute atomic E-state index is 0.155. The van der Waals surface area contributed by atoms with Crippen LogP contribution in [0.15, 0.2) is 54.6 Å². The van der Waals surface area contributed by atoms with E-state index in [0.29, 0.717) is 11.7 Å². The van der Waals surface area contributed by atoms with Crippen LogP contribution in [-0.4, -0.2) is 44.6 Å². The van der Waals surface area contributed by atoms with Gasteiger partial charge in [0.05, 0.1) is 19.8 Å². The predicted molar refractivity (Wildman–Crippen MR) is 113 cm³/mol. The van der Waals surface area contributed by atoms with Gasteiger partial charge in [0.25, 0.3) is 0 Å². The monoisotopic (exact) mass is 386 g/mol. The van der Waals surface area contributed by atoms with Crippen LogP contribution in [0.1, 0.15) is 18.5 Å². The number of ether oxygens (including phenoxy) is 2. The van der Waals surface area contributed by atoms with Crippen molar-refractivity contribution in [2.45, 2.75) is 13.0 Å². The summed E-state index contributed by atoms with van der Waals surface area (Å²) in [6.07, 6.45) is 0. The zero-order valence-corrected chi connectivity index (χ0v) is 16.6. The second kappa shape index (κ2) is 10.3. The lowest BCUT2D eigenvalue weighted by Crippen LogP contribution is -3.14. The molecule has 1 fully saturated rings. The molecule has 144 valence electrons. The first-order valence-corrected chi connectivity index (χ1v) is 9.92. The van der Waals surface area contributed by atoms with E-state index in [1.54, 1.807) is 0 Å². The Bertz CT molecular complexity index is 703. The average molecular weight is 387 g/mol. The number of hydrogen-bond donors (Lipinski definition) is 3. The molecule has 0 unspecified atom stereocenters. The van der Waals surface area contributed by atoms with Crippen LogP contribution < -0.4 is 20.3 Å². The molecule has 3 rings (SSSR count). The van der Waals surface area contributed by atoms with Crippen LogP contribution in [0.4, 0.5) is 5.69 Å². The number of benzene rings is 2. The molecule has 0 spiro atoms. The summed E-state index contributed by atoms with van der Waals surface area (Å²) in [6, 6.07) is 18.5. The maximum Gasteiger partial charge on any atom is 0.171 e. The van der Waals surface area contributed by atoms with E-state index in [-0.39, 0.29) is 6.04 Å². The van der Waals surface area contributed by atoms with Crippen molar-refractivity contribution in [3.8, 4) is 5.75 Å². The molecular weight excluding hydrogens is 358 g/mol. The van der Waals surface area contributed by atoms with Gasteiger partial charge in [-0.05, 0) is 49.0 Å². The topological polar surface area (TPSA) is 47.0 Å². The van der Waals surface area contributed by atoms with Crippen LogP contribution in [0.2, 0.25) is 0 Å². The van der Waals surface area contributed by atoms with E-state index in [4.69, 9.17) is 21.7 Å². The van der Waals surface area contributed by atoms with Gasteiger partial charge in [0.15, 0.2) is 5.11 Å². The number of nitrogens with one attached hydrogen (secondary N) is 3. The van der Waals surface area contributed by atoms with Crippen LogP contribution in [0.5, 0.6) is 5.75 Å². The van der Waals surface area contributed by atoms with Crippen molar-refractivity contribution in [2.75, 3.05) is 44.8 Å². The minimum atomic E-state index is 0.155. The fourth-order valence-corrected chi connectivity index (χ4v) is 3.48. The smallest absolute Gasteiger partial charge is 0.171 e. The van der Waals surface area contributed by atoms with E-state index in [0.717, 1.165) is 44.3 Å². The van der Waals surface area contributed by atoms with E-state index in [2.05, 4.69) is 34.9 Å². The fraction of sp³-hybridized carbons (Fsp3) is 0.381. The quantitative estimate of drug-likeness (QED) is 0.636. The number of hydrogen-bond acceptors (Lipinski definition) is 3. The summed E-state index contributed by atoms with van der Waals surface area (Å²) in [5.74, 6) is 0.861. The van der Waals surface area contributed by atoms with Crippen molar-refractivity contribution in [1.82, 2.24) is 5.32 Å². The lowest BCUT2D eigenvalue weighted by atomic mass is 10.1. The third-order valence-corrected chi connectivity index (χ3v) is 4.84. The Hall–Kier alpha value is -2.15. The Morgan fingerprint density at radius 3 is 2.48 bits per heavy atom. The molecule has 0 aliphatic carbocycles. The highest BCUT2D eigenvalue weighted by Crippen LogP contribution is 2.16. The maximum absolute atomic E-state index is 5.58.